The largest absolute Gasteiger partial charge is 0.380 e. The van der Waals surface area contributed by atoms with E-state index in [4.69, 9.17) is 0 Å². The zero-order valence-electron chi connectivity index (χ0n) is 9.82. The van der Waals surface area contributed by atoms with Gasteiger partial charge in [-0.05, 0) is 44.0 Å². The summed E-state index contributed by atoms with van der Waals surface area (Å²) >= 11 is 1.65. The summed E-state index contributed by atoms with van der Waals surface area (Å²) in [6.07, 6.45) is 0. The smallest absolute Gasteiger partial charge is 0.121 e. The lowest BCUT2D eigenvalue weighted by atomic mass is 9.91. The van der Waals surface area contributed by atoms with Gasteiger partial charge >= 0.3 is 0 Å². The molecule has 0 saturated heterocycles. The molecule has 1 heterocycles. The Hall–Kier alpha value is -1.12. The van der Waals surface area contributed by atoms with E-state index < -0.39 is 5.60 Å². The van der Waals surface area contributed by atoms with Crippen molar-refractivity contribution in [1.29, 1.82) is 0 Å². The van der Waals surface area contributed by atoms with Crippen molar-refractivity contribution >= 4 is 11.3 Å². The third-order valence-electron chi connectivity index (χ3n) is 2.89. The van der Waals surface area contributed by atoms with Crippen molar-refractivity contribution in [2.75, 3.05) is 0 Å². The topological polar surface area (TPSA) is 20.2 Å². The number of rotatable bonds is 2. The molecular formula is C14H16OS. The summed E-state index contributed by atoms with van der Waals surface area (Å²) in [5.74, 6) is 0. The standard InChI is InChI=1S/C14H16OS/c1-10-6-4-5-7-12(10)14(3,15)13-9-8-11(2)16-13/h4-9,15H,1-3H3. The highest BCUT2D eigenvalue weighted by molar-refractivity contribution is 7.12. The summed E-state index contributed by atoms with van der Waals surface area (Å²) in [6, 6.07) is 12.0. The van der Waals surface area contributed by atoms with Crippen LogP contribution in [0.1, 0.15) is 27.8 Å². The van der Waals surface area contributed by atoms with E-state index in [1.165, 1.54) is 4.88 Å². The number of hydrogen-bond acceptors (Lipinski definition) is 2. The first-order valence-electron chi connectivity index (χ1n) is 5.37. The van der Waals surface area contributed by atoms with Gasteiger partial charge in [-0.1, -0.05) is 24.3 Å². The van der Waals surface area contributed by atoms with Gasteiger partial charge in [-0.15, -0.1) is 11.3 Å². The third kappa shape index (κ3) is 1.91. The van der Waals surface area contributed by atoms with Gasteiger partial charge in [0.1, 0.15) is 5.60 Å². The molecule has 0 aliphatic heterocycles. The first-order chi connectivity index (χ1) is 7.51. The average Bonchev–Trinajstić information content (AvgIpc) is 2.66. The minimum atomic E-state index is -0.885. The maximum Gasteiger partial charge on any atom is 0.121 e. The number of benzene rings is 1. The normalized spacial score (nSPS) is 14.8. The number of aliphatic hydroxyl groups is 1. The van der Waals surface area contributed by atoms with Crippen LogP contribution in [0.5, 0.6) is 0 Å². The fourth-order valence-electron chi connectivity index (χ4n) is 1.95. The highest BCUT2D eigenvalue weighted by Gasteiger charge is 2.28. The Morgan fingerprint density at radius 2 is 1.75 bits per heavy atom. The fourth-order valence-corrected chi connectivity index (χ4v) is 2.88. The van der Waals surface area contributed by atoms with Crippen molar-refractivity contribution in [2.24, 2.45) is 0 Å². The molecule has 0 amide bonds. The lowest BCUT2D eigenvalue weighted by Crippen LogP contribution is -2.22. The van der Waals surface area contributed by atoms with Crippen LogP contribution in [0.15, 0.2) is 36.4 Å². The van der Waals surface area contributed by atoms with Crippen molar-refractivity contribution < 1.29 is 5.11 Å². The summed E-state index contributed by atoms with van der Waals surface area (Å²) in [5.41, 5.74) is 1.22. The molecule has 0 radical (unpaired) electrons. The molecule has 1 N–H and O–H groups in total. The zero-order valence-corrected chi connectivity index (χ0v) is 10.6. The van der Waals surface area contributed by atoms with Gasteiger partial charge in [-0.2, -0.15) is 0 Å². The molecule has 16 heavy (non-hydrogen) atoms. The predicted octanol–water partition coefficient (Wildman–Crippen LogP) is 3.62. The third-order valence-corrected chi connectivity index (χ3v) is 4.10. The van der Waals surface area contributed by atoms with Crippen LogP contribution < -0.4 is 0 Å². The molecule has 1 aromatic heterocycles. The molecule has 1 unspecified atom stereocenters. The maximum atomic E-state index is 10.7. The van der Waals surface area contributed by atoms with Gasteiger partial charge in [0.15, 0.2) is 0 Å². The number of aryl methyl sites for hydroxylation is 2. The highest BCUT2D eigenvalue weighted by atomic mass is 32.1. The van der Waals surface area contributed by atoms with Gasteiger partial charge in [0, 0.05) is 9.75 Å². The monoisotopic (exact) mass is 232 g/mol. The van der Waals surface area contributed by atoms with Crippen LogP contribution in [0, 0.1) is 13.8 Å². The van der Waals surface area contributed by atoms with E-state index in [-0.39, 0.29) is 0 Å². The molecule has 0 aliphatic carbocycles. The highest BCUT2D eigenvalue weighted by Crippen LogP contribution is 2.35. The Balaban J connectivity index is 2.50. The minimum absolute atomic E-state index is 0.885. The van der Waals surface area contributed by atoms with Crippen LogP contribution >= 0.6 is 11.3 Å². The summed E-state index contributed by atoms with van der Waals surface area (Å²) in [6.45, 7) is 5.95. The van der Waals surface area contributed by atoms with Crippen molar-refractivity contribution in [2.45, 2.75) is 26.4 Å². The van der Waals surface area contributed by atoms with E-state index in [1.54, 1.807) is 11.3 Å². The molecule has 0 aliphatic rings. The molecule has 2 rings (SSSR count). The molecule has 84 valence electrons. The molecule has 1 atom stereocenters. The van der Waals surface area contributed by atoms with Gasteiger partial charge in [0.05, 0.1) is 0 Å². The van der Waals surface area contributed by atoms with Crippen LogP contribution in [0.2, 0.25) is 0 Å². The second-order valence-electron chi connectivity index (χ2n) is 4.30. The average molecular weight is 232 g/mol. The molecule has 1 nitrogen and oxygen atoms in total. The van der Waals surface area contributed by atoms with E-state index >= 15 is 0 Å². The number of thiophene rings is 1. The van der Waals surface area contributed by atoms with E-state index in [9.17, 15) is 5.11 Å². The number of hydrogen-bond donors (Lipinski definition) is 1. The summed E-state index contributed by atoms with van der Waals surface area (Å²) in [4.78, 5) is 2.23. The van der Waals surface area contributed by atoms with Crippen LogP contribution in [0.3, 0.4) is 0 Å². The van der Waals surface area contributed by atoms with Gasteiger partial charge in [-0.25, -0.2) is 0 Å². The maximum absolute atomic E-state index is 10.7. The van der Waals surface area contributed by atoms with Crippen molar-refractivity contribution in [3.63, 3.8) is 0 Å². The van der Waals surface area contributed by atoms with E-state index in [2.05, 4.69) is 6.92 Å². The molecule has 0 saturated carbocycles. The second-order valence-corrected chi connectivity index (χ2v) is 5.59. The Bertz CT molecular complexity index is 497. The quantitative estimate of drug-likeness (QED) is 0.838. The molecular weight excluding hydrogens is 216 g/mol. The van der Waals surface area contributed by atoms with Gasteiger partial charge in [0.2, 0.25) is 0 Å². The van der Waals surface area contributed by atoms with Crippen molar-refractivity contribution in [1.82, 2.24) is 0 Å². The Kier molecular flexibility index (Phi) is 2.87. The zero-order chi connectivity index (χ0) is 11.8. The fraction of sp³-hybridized carbons (Fsp3) is 0.286. The van der Waals surface area contributed by atoms with Crippen molar-refractivity contribution in [3.05, 3.63) is 57.3 Å². The second kappa shape index (κ2) is 4.04. The molecule has 2 aromatic rings. The van der Waals surface area contributed by atoms with Crippen LogP contribution in [-0.2, 0) is 5.60 Å². The van der Waals surface area contributed by atoms with Crippen LogP contribution in [0.4, 0.5) is 0 Å². The minimum Gasteiger partial charge on any atom is -0.380 e. The molecule has 2 heteroatoms. The van der Waals surface area contributed by atoms with Crippen LogP contribution in [0.25, 0.3) is 0 Å². The Morgan fingerprint density at radius 1 is 1.06 bits per heavy atom. The Morgan fingerprint density at radius 3 is 2.31 bits per heavy atom. The molecule has 0 fully saturated rings. The van der Waals surface area contributed by atoms with Crippen molar-refractivity contribution in [3.8, 4) is 0 Å². The molecule has 0 spiro atoms. The lowest BCUT2D eigenvalue weighted by molar-refractivity contribution is 0.105. The van der Waals surface area contributed by atoms with Crippen LogP contribution in [-0.4, -0.2) is 5.11 Å². The predicted molar refractivity (Wildman–Crippen MR) is 68.9 cm³/mol. The summed E-state index contributed by atoms with van der Waals surface area (Å²) in [7, 11) is 0. The first kappa shape index (κ1) is 11.4. The van der Waals surface area contributed by atoms with Gasteiger partial charge in [0.25, 0.3) is 0 Å². The van der Waals surface area contributed by atoms with E-state index in [0.717, 1.165) is 16.0 Å². The van der Waals surface area contributed by atoms with Gasteiger partial charge < -0.3 is 5.11 Å². The van der Waals surface area contributed by atoms with E-state index in [1.807, 2.05) is 50.2 Å². The summed E-state index contributed by atoms with van der Waals surface area (Å²) in [5, 5.41) is 10.7. The van der Waals surface area contributed by atoms with E-state index in [0.29, 0.717) is 0 Å². The summed E-state index contributed by atoms with van der Waals surface area (Å²) < 4.78 is 0. The SMILES string of the molecule is Cc1ccc(C(C)(O)c2ccccc2C)s1. The Labute approximate surface area is 100 Å². The first-order valence-corrected chi connectivity index (χ1v) is 6.19. The van der Waals surface area contributed by atoms with Gasteiger partial charge in [-0.3, -0.25) is 0 Å². The lowest BCUT2D eigenvalue weighted by Gasteiger charge is -2.24. The molecule has 1 aromatic carbocycles. The molecule has 0 bridgehead atoms.